The van der Waals surface area contributed by atoms with Gasteiger partial charge in [-0.1, -0.05) is 6.92 Å². The molecule has 7 nitrogen and oxygen atoms in total. The van der Waals surface area contributed by atoms with E-state index >= 15 is 0 Å². The molecule has 1 aromatic heterocycles. The van der Waals surface area contributed by atoms with Gasteiger partial charge < -0.3 is 13.8 Å². The van der Waals surface area contributed by atoms with Crippen molar-refractivity contribution in [1.29, 1.82) is 0 Å². The minimum atomic E-state index is -3.68. The van der Waals surface area contributed by atoms with Crippen molar-refractivity contribution in [2.75, 3.05) is 53.6 Å². The van der Waals surface area contributed by atoms with Gasteiger partial charge in [-0.25, -0.2) is 13.6 Å². The lowest BCUT2D eigenvalue weighted by Crippen LogP contribution is -2.36. The Balaban J connectivity index is 2.25. The normalized spacial score (nSPS) is 14.7. The first kappa shape index (κ1) is 21.7. The molecule has 0 saturated carbocycles. The van der Waals surface area contributed by atoms with Crippen molar-refractivity contribution in [2.45, 2.75) is 21.8 Å². The Morgan fingerprint density at radius 3 is 2.42 bits per heavy atom. The molecular weight excluding hydrogens is 394 g/mol. The molecule has 2 heterocycles. The van der Waals surface area contributed by atoms with Crippen molar-refractivity contribution in [3.63, 3.8) is 0 Å². The standard InChI is InChI=1S/C16H27N3O4S3/c1-4-5-19-14(12-18(6-8-22-2)7-9-23-3)10-13-11-15(26(17,20)21)24-16(13)25-19/h10-11H,4-9,12H2,1-3H3,(H2,17,20,21). The predicted octanol–water partition coefficient (Wildman–Crippen LogP) is 2.06. The summed E-state index contributed by atoms with van der Waals surface area (Å²) in [6, 6.07) is 1.67. The zero-order valence-corrected chi connectivity index (χ0v) is 17.9. The molecule has 0 unspecified atom stereocenters. The molecule has 10 heteroatoms. The molecule has 0 atom stereocenters. The average molecular weight is 422 g/mol. The Bertz CT molecular complexity index is 710. The third-order valence-corrected chi connectivity index (χ3v) is 7.73. The summed E-state index contributed by atoms with van der Waals surface area (Å²) in [6.45, 7) is 6.68. The van der Waals surface area contributed by atoms with E-state index in [1.165, 1.54) is 11.3 Å². The van der Waals surface area contributed by atoms with Crippen LogP contribution in [-0.4, -0.2) is 71.2 Å². The third-order valence-electron chi connectivity index (χ3n) is 3.85. The van der Waals surface area contributed by atoms with Crippen LogP contribution >= 0.6 is 23.3 Å². The van der Waals surface area contributed by atoms with Crippen LogP contribution in [0.25, 0.3) is 6.08 Å². The Kier molecular flexibility index (Phi) is 8.40. The van der Waals surface area contributed by atoms with E-state index in [9.17, 15) is 8.42 Å². The second-order valence-corrected chi connectivity index (χ2v) is 10.1. The van der Waals surface area contributed by atoms with Crippen LogP contribution in [0.4, 0.5) is 0 Å². The lowest BCUT2D eigenvalue weighted by Gasteiger charge is -2.32. The van der Waals surface area contributed by atoms with E-state index in [2.05, 4.69) is 22.2 Å². The van der Waals surface area contributed by atoms with E-state index in [0.29, 0.717) is 13.2 Å². The maximum atomic E-state index is 11.7. The number of nitrogens with zero attached hydrogens (tertiary/aromatic N) is 2. The Labute approximate surface area is 164 Å². The fourth-order valence-electron chi connectivity index (χ4n) is 2.54. The Hall–Kier alpha value is -0.620. The summed E-state index contributed by atoms with van der Waals surface area (Å²) in [7, 11) is -0.288. The molecule has 0 bridgehead atoms. The average Bonchev–Trinajstić information content (AvgIpc) is 3.00. The fourth-order valence-corrected chi connectivity index (χ4v) is 5.93. The van der Waals surface area contributed by atoms with E-state index in [1.807, 2.05) is 0 Å². The fraction of sp³-hybridized carbons (Fsp3) is 0.625. The van der Waals surface area contributed by atoms with Gasteiger partial charge in [0, 0.05) is 51.7 Å². The van der Waals surface area contributed by atoms with Gasteiger partial charge in [0.15, 0.2) is 0 Å². The second-order valence-electron chi connectivity index (χ2n) is 5.94. The van der Waals surface area contributed by atoms with Crippen molar-refractivity contribution in [2.24, 2.45) is 5.14 Å². The summed E-state index contributed by atoms with van der Waals surface area (Å²) in [4.78, 5) is 2.28. The number of fused-ring (bicyclic) bond motifs is 1. The Morgan fingerprint density at radius 1 is 1.23 bits per heavy atom. The summed E-state index contributed by atoms with van der Waals surface area (Å²) in [5, 5.41) is 5.29. The quantitative estimate of drug-likeness (QED) is 0.548. The molecule has 0 aromatic carbocycles. The second kappa shape index (κ2) is 10.1. The highest BCUT2D eigenvalue weighted by Crippen LogP contribution is 2.42. The van der Waals surface area contributed by atoms with E-state index in [0.717, 1.165) is 48.1 Å². The van der Waals surface area contributed by atoms with Crippen LogP contribution in [0.1, 0.15) is 18.9 Å². The molecule has 0 radical (unpaired) electrons. The molecular formula is C16H27N3O4S3. The molecule has 2 rings (SSSR count). The molecule has 0 amide bonds. The van der Waals surface area contributed by atoms with Crippen LogP contribution in [-0.2, 0) is 19.5 Å². The highest BCUT2D eigenvalue weighted by Gasteiger charge is 2.25. The van der Waals surface area contributed by atoms with Crippen molar-refractivity contribution in [3.05, 3.63) is 17.3 Å². The summed E-state index contributed by atoms with van der Waals surface area (Å²) in [5.74, 6) is 0. The maximum absolute atomic E-state index is 11.7. The van der Waals surface area contributed by atoms with Gasteiger partial charge in [-0.2, -0.15) is 0 Å². The summed E-state index contributed by atoms with van der Waals surface area (Å²) < 4.78 is 37.2. The van der Waals surface area contributed by atoms with Gasteiger partial charge in [-0.3, -0.25) is 4.90 Å². The topological polar surface area (TPSA) is 85.1 Å². The number of rotatable bonds is 11. The molecule has 0 spiro atoms. The smallest absolute Gasteiger partial charge is 0.247 e. The van der Waals surface area contributed by atoms with E-state index in [-0.39, 0.29) is 4.21 Å². The zero-order valence-electron chi connectivity index (χ0n) is 15.4. The molecule has 26 heavy (non-hydrogen) atoms. The lowest BCUT2D eigenvalue weighted by atomic mass is 10.2. The minimum Gasteiger partial charge on any atom is -0.383 e. The Morgan fingerprint density at radius 2 is 1.88 bits per heavy atom. The van der Waals surface area contributed by atoms with Gasteiger partial charge in [0.2, 0.25) is 10.0 Å². The van der Waals surface area contributed by atoms with Crippen LogP contribution < -0.4 is 5.14 Å². The first-order chi connectivity index (χ1) is 12.4. The minimum absolute atomic E-state index is 0.208. The van der Waals surface area contributed by atoms with E-state index in [1.54, 1.807) is 32.2 Å². The first-order valence-electron chi connectivity index (χ1n) is 8.42. The molecule has 0 saturated heterocycles. The van der Waals surface area contributed by atoms with Gasteiger partial charge in [0.05, 0.1) is 17.4 Å². The number of methoxy groups -OCH3 is 2. The van der Waals surface area contributed by atoms with Gasteiger partial charge >= 0.3 is 0 Å². The number of sulfonamides is 1. The zero-order chi connectivity index (χ0) is 19.2. The van der Waals surface area contributed by atoms with Gasteiger partial charge in [-0.05, 0) is 30.5 Å². The van der Waals surface area contributed by atoms with Crippen LogP contribution in [0.3, 0.4) is 0 Å². The summed E-state index contributed by atoms with van der Waals surface area (Å²) >= 11 is 2.82. The molecule has 0 aliphatic carbocycles. The van der Waals surface area contributed by atoms with Crippen molar-refractivity contribution >= 4 is 39.4 Å². The van der Waals surface area contributed by atoms with Crippen LogP contribution in [0.2, 0.25) is 0 Å². The summed E-state index contributed by atoms with van der Waals surface area (Å²) in [5.41, 5.74) is 2.07. The molecule has 1 aliphatic heterocycles. The van der Waals surface area contributed by atoms with Crippen molar-refractivity contribution < 1.29 is 17.9 Å². The largest absolute Gasteiger partial charge is 0.383 e. The van der Waals surface area contributed by atoms with E-state index in [4.69, 9.17) is 14.6 Å². The number of ether oxygens (including phenoxy) is 2. The molecule has 148 valence electrons. The number of nitrogens with two attached hydrogens (primary N) is 1. The molecule has 0 fully saturated rings. The highest BCUT2D eigenvalue weighted by molar-refractivity contribution is 7.99. The van der Waals surface area contributed by atoms with Crippen molar-refractivity contribution in [3.8, 4) is 0 Å². The summed E-state index contributed by atoms with van der Waals surface area (Å²) in [6.07, 6.45) is 3.07. The number of hydrogen-bond acceptors (Lipinski definition) is 8. The van der Waals surface area contributed by atoms with E-state index < -0.39 is 10.0 Å². The number of hydrogen-bond donors (Lipinski definition) is 1. The molecule has 1 aromatic rings. The van der Waals surface area contributed by atoms with Gasteiger partial charge in [0.25, 0.3) is 0 Å². The van der Waals surface area contributed by atoms with Crippen molar-refractivity contribution in [1.82, 2.24) is 9.21 Å². The highest BCUT2D eigenvalue weighted by atomic mass is 32.3. The predicted molar refractivity (Wildman–Crippen MR) is 107 cm³/mol. The van der Waals surface area contributed by atoms with Crippen LogP contribution in [0, 0.1) is 0 Å². The lowest BCUT2D eigenvalue weighted by molar-refractivity contribution is 0.117. The number of thiophene rings is 1. The molecule has 1 aliphatic rings. The first-order valence-corrected chi connectivity index (χ1v) is 11.6. The monoisotopic (exact) mass is 421 g/mol. The van der Waals surface area contributed by atoms with Crippen LogP contribution in [0.5, 0.6) is 0 Å². The SMILES string of the molecule is CCCN1Sc2sc(S(N)(=O)=O)cc2C=C1CN(CCOC)CCOC. The van der Waals surface area contributed by atoms with Gasteiger partial charge in [0.1, 0.15) is 4.21 Å². The number of primary sulfonamides is 1. The van der Waals surface area contributed by atoms with Gasteiger partial charge in [-0.15, -0.1) is 11.3 Å². The maximum Gasteiger partial charge on any atom is 0.247 e. The van der Waals surface area contributed by atoms with Crippen LogP contribution in [0.15, 0.2) is 20.2 Å². The molecule has 2 N–H and O–H groups in total. The third kappa shape index (κ3) is 5.95.